The predicted molar refractivity (Wildman–Crippen MR) is 98.4 cm³/mol. The first-order valence-electron chi connectivity index (χ1n) is 8.59. The first-order chi connectivity index (χ1) is 11.2. The van der Waals surface area contributed by atoms with E-state index in [-0.39, 0.29) is 0 Å². The minimum absolute atomic E-state index is 0.531. The van der Waals surface area contributed by atoms with E-state index in [0.717, 1.165) is 31.7 Å². The molecule has 3 heteroatoms. The van der Waals surface area contributed by atoms with Gasteiger partial charge in [-0.3, -0.25) is 0 Å². The van der Waals surface area contributed by atoms with E-state index in [9.17, 15) is 0 Å². The summed E-state index contributed by atoms with van der Waals surface area (Å²) in [6, 6.07) is 13.3. The summed E-state index contributed by atoms with van der Waals surface area (Å²) in [6.07, 6.45) is 1.98. The number of fused-ring (bicyclic) bond motifs is 3. The lowest BCUT2D eigenvalue weighted by molar-refractivity contribution is 0.304. The molecule has 0 unspecified atom stereocenters. The minimum Gasteiger partial charge on any atom is -0.493 e. The van der Waals surface area contributed by atoms with Crippen molar-refractivity contribution in [3.05, 3.63) is 42.0 Å². The highest BCUT2D eigenvalue weighted by atomic mass is 16.5. The van der Waals surface area contributed by atoms with Crippen LogP contribution in [0.25, 0.3) is 21.8 Å². The molecule has 0 radical (unpaired) electrons. The second-order valence-electron chi connectivity index (χ2n) is 6.30. The summed E-state index contributed by atoms with van der Waals surface area (Å²) in [7, 11) is 0. The number of hydrogen-bond donors (Lipinski definition) is 2. The van der Waals surface area contributed by atoms with Crippen molar-refractivity contribution in [2.24, 2.45) is 0 Å². The zero-order chi connectivity index (χ0) is 16.2. The minimum atomic E-state index is 0.531. The van der Waals surface area contributed by atoms with E-state index in [1.54, 1.807) is 0 Å². The molecule has 0 fully saturated rings. The van der Waals surface area contributed by atoms with E-state index in [2.05, 4.69) is 67.5 Å². The van der Waals surface area contributed by atoms with Crippen molar-refractivity contribution < 1.29 is 4.74 Å². The first kappa shape index (κ1) is 15.9. The summed E-state index contributed by atoms with van der Waals surface area (Å²) in [4.78, 5) is 3.56. The molecular weight excluding hydrogens is 284 g/mol. The molecule has 0 atom stereocenters. The van der Waals surface area contributed by atoms with Crippen LogP contribution in [0, 0.1) is 0 Å². The zero-order valence-electron chi connectivity index (χ0n) is 14.3. The van der Waals surface area contributed by atoms with Gasteiger partial charge in [-0.05, 0) is 37.6 Å². The Bertz CT molecular complexity index is 789. The highest BCUT2D eigenvalue weighted by Gasteiger charge is 2.11. The van der Waals surface area contributed by atoms with Crippen LogP contribution in [0.15, 0.2) is 36.4 Å². The van der Waals surface area contributed by atoms with Gasteiger partial charge in [0.15, 0.2) is 0 Å². The van der Waals surface area contributed by atoms with E-state index in [1.807, 2.05) is 0 Å². The third-order valence-electron chi connectivity index (χ3n) is 4.23. The maximum atomic E-state index is 6.05. The molecule has 0 spiro atoms. The molecule has 0 aliphatic heterocycles. The quantitative estimate of drug-likeness (QED) is 0.623. The van der Waals surface area contributed by atoms with Crippen LogP contribution < -0.4 is 10.1 Å². The number of nitrogens with one attached hydrogen (secondary N) is 2. The normalized spacial score (nSPS) is 11.7. The Balaban J connectivity index is 1.82. The van der Waals surface area contributed by atoms with Gasteiger partial charge in [-0.15, -0.1) is 0 Å². The lowest BCUT2D eigenvalue weighted by Gasteiger charge is -2.12. The number of benzene rings is 2. The molecule has 0 saturated carbocycles. The van der Waals surface area contributed by atoms with E-state index in [4.69, 9.17) is 4.74 Å². The van der Waals surface area contributed by atoms with Crippen molar-refractivity contribution in [3.8, 4) is 5.75 Å². The van der Waals surface area contributed by atoms with Gasteiger partial charge < -0.3 is 15.0 Å². The van der Waals surface area contributed by atoms with Crippen molar-refractivity contribution in [3.63, 3.8) is 0 Å². The zero-order valence-corrected chi connectivity index (χ0v) is 14.3. The number of ether oxygens (including phenoxy) is 1. The van der Waals surface area contributed by atoms with Crippen molar-refractivity contribution in [1.82, 2.24) is 10.3 Å². The molecule has 0 bridgehead atoms. The Labute approximate surface area is 138 Å². The molecule has 23 heavy (non-hydrogen) atoms. The van der Waals surface area contributed by atoms with Crippen molar-refractivity contribution in [2.75, 3.05) is 13.2 Å². The molecule has 0 aliphatic rings. The standard InChI is InChI=1S/C20H26N2O/c1-4-15-19(23-13-7-12-21-14(2)3)11-10-17-16-8-5-6-9-18(16)22-20(15)17/h5-6,8-11,14,21-22H,4,7,12-13H2,1-3H3. The van der Waals surface area contributed by atoms with Crippen molar-refractivity contribution in [2.45, 2.75) is 39.7 Å². The van der Waals surface area contributed by atoms with Crippen molar-refractivity contribution >= 4 is 21.8 Å². The maximum Gasteiger partial charge on any atom is 0.124 e. The molecule has 2 aromatic carbocycles. The lowest BCUT2D eigenvalue weighted by Crippen LogP contribution is -2.24. The number of para-hydroxylation sites is 1. The Morgan fingerprint density at radius 2 is 1.91 bits per heavy atom. The van der Waals surface area contributed by atoms with Gasteiger partial charge in [0, 0.05) is 27.9 Å². The summed E-state index contributed by atoms with van der Waals surface area (Å²) in [5.41, 5.74) is 3.68. The van der Waals surface area contributed by atoms with E-state index < -0.39 is 0 Å². The fraction of sp³-hybridized carbons (Fsp3) is 0.400. The molecule has 0 saturated heterocycles. The fourth-order valence-corrected chi connectivity index (χ4v) is 3.09. The van der Waals surface area contributed by atoms with Crippen LogP contribution in [0.2, 0.25) is 0 Å². The molecule has 0 aliphatic carbocycles. The molecule has 1 heterocycles. The van der Waals surface area contributed by atoms with E-state index >= 15 is 0 Å². The maximum absolute atomic E-state index is 6.05. The van der Waals surface area contributed by atoms with Crippen molar-refractivity contribution in [1.29, 1.82) is 0 Å². The van der Waals surface area contributed by atoms with Gasteiger partial charge >= 0.3 is 0 Å². The van der Waals surface area contributed by atoms with Gasteiger partial charge in [-0.2, -0.15) is 0 Å². The largest absolute Gasteiger partial charge is 0.493 e. The molecule has 2 N–H and O–H groups in total. The van der Waals surface area contributed by atoms with Gasteiger partial charge in [0.2, 0.25) is 0 Å². The summed E-state index contributed by atoms with van der Waals surface area (Å²) in [6.45, 7) is 8.26. The van der Waals surface area contributed by atoms with Crippen LogP contribution in [0.5, 0.6) is 5.75 Å². The molecule has 3 aromatic rings. The monoisotopic (exact) mass is 310 g/mol. The first-order valence-corrected chi connectivity index (χ1v) is 8.59. The fourth-order valence-electron chi connectivity index (χ4n) is 3.09. The molecule has 3 nitrogen and oxygen atoms in total. The topological polar surface area (TPSA) is 37.0 Å². The molecule has 0 amide bonds. The van der Waals surface area contributed by atoms with Crippen LogP contribution >= 0.6 is 0 Å². The average Bonchev–Trinajstić information content (AvgIpc) is 2.92. The van der Waals surface area contributed by atoms with E-state index in [1.165, 1.54) is 27.4 Å². The number of H-pyrrole nitrogens is 1. The van der Waals surface area contributed by atoms with Gasteiger partial charge in [0.1, 0.15) is 5.75 Å². The van der Waals surface area contributed by atoms with Crippen LogP contribution in [0.3, 0.4) is 0 Å². The summed E-state index contributed by atoms with van der Waals surface area (Å²) in [5, 5.41) is 5.99. The van der Waals surface area contributed by atoms with Crippen LogP contribution in [-0.4, -0.2) is 24.2 Å². The number of aromatic amines is 1. The van der Waals surface area contributed by atoms with Gasteiger partial charge in [0.05, 0.1) is 12.1 Å². The Morgan fingerprint density at radius 3 is 2.70 bits per heavy atom. The Kier molecular flexibility index (Phi) is 4.87. The number of aromatic nitrogens is 1. The number of rotatable bonds is 7. The molecular formula is C20H26N2O. The van der Waals surface area contributed by atoms with Crippen LogP contribution in [-0.2, 0) is 6.42 Å². The van der Waals surface area contributed by atoms with Gasteiger partial charge in [-0.1, -0.05) is 39.0 Å². The highest BCUT2D eigenvalue weighted by molar-refractivity contribution is 6.08. The summed E-state index contributed by atoms with van der Waals surface area (Å²) >= 11 is 0. The van der Waals surface area contributed by atoms with Crippen LogP contribution in [0.1, 0.15) is 32.8 Å². The second-order valence-corrected chi connectivity index (χ2v) is 6.30. The highest BCUT2D eigenvalue weighted by Crippen LogP contribution is 2.33. The van der Waals surface area contributed by atoms with Gasteiger partial charge in [0.25, 0.3) is 0 Å². The summed E-state index contributed by atoms with van der Waals surface area (Å²) < 4.78 is 6.05. The lowest BCUT2D eigenvalue weighted by atomic mass is 10.1. The van der Waals surface area contributed by atoms with Crippen LogP contribution in [0.4, 0.5) is 0 Å². The van der Waals surface area contributed by atoms with E-state index in [0.29, 0.717) is 6.04 Å². The Morgan fingerprint density at radius 1 is 1.09 bits per heavy atom. The SMILES string of the molecule is CCc1c(OCCCNC(C)C)ccc2c1[nH]c1ccccc12. The molecule has 1 aromatic heterocycles. The third-order valence-corrected chi connectivity index (χ3v) is 4.23. The third kappa shape index (κ3) is 3.35. The second kappa shape index (κ2) is 7.05. The predicted octanol–water partition coefficient (Wildman–Crippen LogP) is 4.65. The Hall–Kier alpha value is -2.00. The van der Waals surface area contributed by atoms with Gasteiger partial charge in [-0.25, -0.2) is 0 Å². The molecule has 3 rings (SSSR count). The summed E-state index contributed by atoms with van der Waals surface area (Å²) in [5.74, 6) is 1.01. The number of aryl methyl sites for hydroxylation is 1. The average molecular weight is 310 g/mol. The smallest absolute Gasteiger partial charge is 0.124 e. The molecule has 122 valence electrons. The number of hydrogen-bond acceptors (Lipinski definition) is 2.